The Labute approximate surface area is 144 Å². The Kier molecular flexibility index (Phi) is 5.64. The summed E-state index contributed by atoms with van der Waals surface area (Å²) in [6.45, 7) is 3.41. The van der Waals surface area contributed by atoms with Crippen LogP contribution in [0, 0.1) is 35.2 Å². The van der Waals surface area contributed by atoms with E-state index in [0.717, 1.165) is 12.8 Å². The number of carbonyl (C=O) groups is 1. The third-order valence-electron chi connectivity index (χ3n) is 4.76. The number of ether oxygens (including phenoxy) is 3. The van der Waals surface area contributed by atoms with E-state index in [1.165, 1.54) is 0 Å². The topological polar surface area (TPSA) is 44.8 Å². The first-order valence-electron chi connectivity index (χ1n) is 8.53. The minimum absolute atomic E-state index is 0.228. The van der Waals surface area contributed by atoms with Crippen LogP contribution in [0.25, 0.3) is 0 Å². The molecule has 4 nitrogen and oxygen atoms in total. The fourth-order valence-electron chi connectivity index (χ4n) is 3.30. The van der Waals surface area contributed by atoms with Gasteiger partial charge in [0.2, 0.25) is 0 Å². The highest BCUT2D eigenvalue weighted by molar-refractivity contribution is 5.75. The maximum atomic E-state index is 13.2. The molecule has 1 saturated carbocycles. The highest BCUT2D eigenvalue weighted by Crippen LogP contribution is 2.34. The normalized spacial score (nSPS) is 30.1. The molecule has 0 spiro atoms. The van der Waals surface area contributed by atoms with E-state index in [0.29, 0.717) is 44.1 Å². The van der Waals surface area contributed by atoms with Crippen molar-refractivity contribution >= 4 is 5.97 Å². The summed E-state index contributed by atoms with van der Waals surface area (Å²) in [5.74, 6) is -4.95. The van der Waals surface area contributed by atoms with E-state index in [4.69, 9.17) is 14.2 Å². The average Bonchev–Trinajstić information content (AvgIpc) is 2.60. The van der Waals surface area contributed by atoms with Crippen LogP contribution in [-0.2, 0) is 14.3 Å². The number of hydrogen-bond acceptors (Lipinski definition) is 4. The third kappa shape index (κ3) is 4.33. The van der Waals surface area contributed by atoms with Gasteiger partial charge in [-0.05, 0) is 25.7 Å². The zero-order valence-corrected chi connectivity index (χ0v) is 14.0. The van der Waals surface area contributed by atoms with Crippen molar-refractivity contribution in [1.82, 2.24) is 0 Å². The molecule has 1 aliphatic heterocycles. The first-order valence-corrected chi connectivity index (χ1v) is 8.53. The third-order valence-corrected chi connectivity index (χ3v) is 4.76. The van der Waals surface area contributed by atoms with Gasteiger partial charge in [0, 0.05) is 24.0 Å². The summed E-state index contributed by atoms with van der Waals surface area (Å²) in [6.07, 6.45) is 2.46. The highest BCUT2D eigenvalue weighted by atomic mass is 19.2. The van der Waals surface area contributed by atoms with Gasteiger partial charge >= 0.3 is 5.97 Å². The Morgan fingerprint density at radius 3 is 2.16 bits per heavy atom. The first kappa shape index (κ1) is 18.2. The van der Waals surface area contributed by atoms with Crippen molar-refractivity contribution in [2.24, 2.45) is 17.8 Å². The summed E-state index contributed by atoms with van der Waals surface area (Å²) in [6, 6.07) is 1.35. The van der Waals surface area contributed by atoms with Gasteiger partial charge in [0.25, 0.3) is 0 Å². The minimum Gasteiger partial charge on any atom is -0.426 e. The summed E-state index contributed by atoms with van der Waals surface area (Å²) in [5.41, 5.74) is 0. The van der Waals surface area contributed by atoms with Gasteiger partial charge in [-0.3, -0.25) is 4.79 Å². The van der Waals surface area contributed by atoms with E-state index in [9.17, 15) is 18.0 Å². The van der Waals surface area contributed by atoms with Crippen molar-refractivity contribution in [3.8, 4) is 5.75 Å². The molecule has 1 aromatic carbocycles. The van der Waals surface area contributed by atoms with E-state index in [-0.39, 0.29) is 23.9 Å². The molecule has 2 aliphatic rings. The molecule has 3 rings (SSSR count). The Hall–Kier alpha value is -1.60. The number of esters is 1. The predicted molar refractivity (Wildman–Crippen MR) is 82.3 cm³/mol. The molecule has 1 aromatic rings. The quantitative estimate of drug-likeness (QED) is 0.468. The maximum absolute atomic E-state index is 13.2. The molecule has 25 heavy (non-hydrogen) atoms. The van der Waals surface area contributed by atoms with Crippen molar-refractivity contribution in [2.75, 3.05) is 13.2 Å². The van der Waals surface area contributed by atoms with Crippen LogP contribution in [0.5, 0.6) is 5.75 Å². The van der Waals surface area contributed by atoms with Crippen molar-refractivity contribution in [2.45, 2.75) is 38.9 Å². The van der Waals surface area contributed by atoms with Crippen molar-refractivity contribution in [1.29, 1.82) is 0 Å². The Balaban J connectivity index is 1.52. The average molecular weight is 358 g/mol. The summed E-state index contributed by atoms with van der Waals surface area (Å²) < 4.78 is 55.7. The molecular formula is C18H21F3O4. The number of halogens is 3. The van der Waals surface area contributed by atoms with Gasteiger partial charge in [-0.15, -0.1) is 0 Å². The molecule has 0 bridgehead atoms. The second-order valence-electron chi connectivity index (χ2n) is 6.87. The van der Waals surface area contributed by atoms with Crippen LogP contribution in [-0.4, -0.2) is 25.5 Å². The molecule has 7 heteroatoms. The first-order chi connectivity index (χ1) is 11.9. The summed E-state index contributed by atoms with van der Waals surface area (Å²) in [7, 11) is 0. The second kappa shape index (κ2) is 7.74. The van der Waals surface area contributed by atoms with Crippen LogP contribution in [0.1, 0.15) is 32.6 Å². The van der Waals surface area contributed by atoms with Gasteiger partial charge in [0.15, 0.2) is 23.7 Å². The molecule has 1 saturated heterocycles. The molecule has 1 aliphatic carbocycles. The lowest BCUT2D eigenvalue weighted by atomic mass is 9.81. The van der Waals surface area contributed by atoms with Crippen molar-refractivity contribution in [3.63, 3.8) is 0 Å². The smallest absolute Gasteiger partial charge is 0.314 e. The number of benzene rings is 1. The van der Waals surface area contributed by atoms with Gasteiger partial charge in [-0.25, -0.2) is 13.2 Å². The minimum atomic E-state index is -1.58. The Morgan fingerprint density at radius 2 is 1.60 bits per heavy atom. The summed E-state index contributed by atoms with van der Waals surface area (Å²) in [5, 5.41) is 0. The number of rotatable bonds is 3. The maximum Gasteiger partial charge on any atom is 0.314 e. The summed E-state index contributed by atoms with van der Waals surface area (Å²) in [4.78, 5) is 12.2. The van der Waals surface area contributed by atoms with Crippen LogP contribution >= 0.6 is 0 Å². The molecular weight excluding hydrogens is 337 g/mol. The Morgan fingerprint density at radius 1 is 1.04 bits per heavy atom. The molecule has 0 amide bonds. The van der Waals surface area contributed by atoms with E-state index in [2.05, 4.69) is 6.92 Å². The molecule has 0 N–H and O–H groups in total. The number of hydrogen-bond donors (Lipinski definition) is 0. The van der Waals surface area contributed by atoms with E-state index in [1.807, 2.05) is 0 Å². The zero-order valence-electron chi connectivity index (χ0n) is 14.0. The summed E-state index contributed by atoms with van der Waals surface area (Å²) >= 11 is 0. The fourth-order valence-corrected chi connectivity index (χ4v) is 3.30. The van der Waals surface area contributed by atoms with Crippen LogP contribution in [0.15, 0.2) is 12.1 Å². The van der Waals surface area contributed by atoms with E-state index in [1.54, 1.807) is 0 Å². The van der Waals surface area contributed by atoms with Gasteiger partial charge in [-0.1, -0.05) is 6.92 Å². The van der Waals surface area contributed by atoms with Gasteiger partial charge in [0.05, 0.1) is 19.1 Å². The lowest BCUT2D eigenvalue weighted by molar-refractivity contribution is -0.227. The van der Waals surface area contributed by atoms with Crippen LogP contribution in [0.3, 0.4) is 0 Å². The fraction of sp³-hybridized carbons (Fsp3) is 0.611. The largest absolute Gasteiger partial charge is 0.426 e. The zero-order chi connectivity index (χ0) is 18.0. The second-order valence-corrected chi connectivity index (χ2v) is 6.87. The van der Waals surface area contributed by atoms with E-state index >= 15 is 0 Å². The van der Waals surface area contributed by atoms with Crippen molar-refractivity contribution in [3.05, 3.63) is 29.6 Å². The van der Waals surface area contributed by atoms with Crippen molar-refractivity contribution < 1.29 is 32.2 Å². The molecule has 138 valence electrons. The molecule has 0 aromatic heterocycles. The lowest BCUT2D eigenvalue weighted by Gasteiger charge is -2.36. The molecule has 0 atom stereocenters. The highest BCUT2D eigenvalue weighted by Gasteiger charge is 2.34. The SMILES string of the molecule is CC1COC(C2CCC(C(=O)Oc3cc(F)c(F)c(F)c3)CC2)OC1. The van der Waals surface area contributed by atoms with Crippen LogP contribution in [0.4, 0.5) is 13.2 Å². The molecule has 0 radical (unpaired) electrons. The molecule has 1 heterocycles. The molecule has 0 unspecified atom stereocenters. The van der Waals surface area contributed by atoms with Gasteiger partial charge < -0.3 is 14.2 Å². The van der Waals surface area contributed by atoms with Crippen LogP contribution in [0.2, 0.25) is 0 Å². The predicted octanol–water partition coefficient (Wildman–Crippen LogP) is 3.82. The van der Waals surface area contributed by atoms with E-state index < -0.39 is 23.4 Å². The van der Waals surface area contributed by atoms with Gasteiger partial charge in [-0.2, -0.15) is 0 Å². The Bertz CT molecular complexity index is 598. The lowest BCUT2D eigenvalue weighted by Crippen LogP contribution is -2.38. The monoisotopic (exact) mass is 358 g/mol. The standard InChI is InChI=1S/C18H21F3O4/c1-10-8-23-18(24-9-10)12-4-2-11(3-5-12)17(22)25-13-6-14(19)16(21)15(20)7-13/h6-7,10-12,18H,2-5,8-9H2,1H3. The van der Waals surface area contributed by atoms with Crippen LogP contribution < -0.4 is 4.74 Å². The number of carbonyl (C=O) groups excluding carboxylic acids is 1. The van der Waals surface area contributed by atoms with Gasteiger partial charge in [0.1, 0.15) is 5.75 Å². The molecule has 2 fully saturated rings.